The van der Waals surface area contributed by atoms with Gasteiger partial charge in [0.2, 0.25) is 17.5 Å². The minimum atomic E-state index is 0.126. The Morgan fingerprint density at radius 3 is 2.70 bits per heavy atom. The highest BCUT2D eigenvalue weighted by atomic mass is 16.4. The Hall–Kier alpha value is -3.73. The number of hydrogen-bond acceptors (Lipinski definition) is 7. The van der Waals surface area contributed by atoms with E-state index in [-0.39, 0.29) is 17.5 Å². The van der Waals surface area contributed by atoms with Crippen LogP contribution in [0, 0.1) is 11.3 Å². The molecule has 5 rings (SSSR count). The first-order valence-electron chi connectivity index (χ1n) is 10.0. The van der Waals surface area contributed by atoms with Gasteiger partial charge in [-0.2, -0.15) is 10.2 Å². The summed E-state index contributed by atoms with van der Waals surface area (Å²) in [5.74, 6) is 1.33. The monoisotopic (exact) mass is 403 g/mol. The van der Waals surface area contributed by atoms with E-state index in [0.29, 0.717) is 44.4 Å². The van der Waals surface area contributed by atoms with Crippen LogP contribution in [0.3, 0.4) is 0 Å². The lowest BCUT2D eigenvalue weighted by Crippen LogP contribution is -2.51. The second-order valence-electron chi connectivity index (χ2n) is 7.43. The van der Waals surface area contributed by atoms with Gasteiger partial charge >= 0.3 is 0 Å². The van der Waals surface area contributed by atoms with Crippen LogP contribution in [0.25, 0.3) is 11.7 Å². The number of carbonyl (C=O) groups excluding carboxylic acids is 1. The molecule has 0 N–H and O–H groups in total. The molecule has 152 valence electrons. The highest BCUT2D eigenvalue weighted by Gasteiger charge is 2.29. The summed E-state index contributed by atoms with van der Waals surface area (Å²) in [5, 5.41) is 9.44. The van der Waals surface area contributed by atoms with Gasteiger partial charge in [-0.15, -0.1) is 0 Å². The number of amides is 1. The molecule has 2 aromatic heterocycles. The van der Waals surface area contributed by atoms with E-state index >= 15 is 0 Å². The first-order valence-corrected chi connectivity index (χ1v) is 10.0. The molecular formula is C22H21N5O3. The summed E-state index contributed by atoms with van der Waals surface area (Å²) in [6.07, 6.45) is 2.52. The van der Waals surface area contributed by atoms with Crippen molar-refractivity contribution in [2.75, 3.05) is 49.1 Å². The lowest BCUT2D eigenvalue weighted by Gasteiger charge is -2.35. The van der Waals surface area contributed by atoms with Crippen LogP contribution < -0.4 is 9.80 Å². The second kappa shape index (κ2) is 7.59. The molecule has 3 aromatic rings. The number of hydrogen-bond donors (Lipinski definition) is 0. The number of rotatable bonds is 4. The van der Waals surface area contributed by atoms with Crippen LogP contribution in [0.2, 0.25) is 0 Å². The Balaban J connectivity index is 1.23. The number of benzene rings is 1. The van der Waals surface area contributed by atoms with Gasteiger partial charge in [-0.3, -0.25) is 4.79 Å². The summed E-state index contributed by atoms with van der Waals surface area (Å²) in [5.41, 5.74) is 2.70. The Morgan fingerprint density at radius 2 is 1.93 bits per heavy atom. The molecule has 0 radical (unpaired) electrons. The van der Waals surface area contributed by atoms with Crippen molar-refractivity contribution in [2.24, 2.45) is 0 Å². The Morgan fingerprint density at radius 1 is 1.10 bits per heavy atom. The second-order valence-corrected chi connectivity index (χ2v) is 7.43. The van der Waals surface area contributed by atoms with Gasteiger partial charge in [0.05, 0.1) is 12.8 Å². The Labute approximate surface area is 173 Å². The van der Waals surface area contributed by atoms with E-state index < -0.39 is 0 Å². The first-order chi connectivity index (χ1) is 14.7. The van der Waals surface area contributed by atoms with E-state index in [0.717, 1.165) is 18.7 Å². The zero-order valence-corrected chi connectivity index (χ0v) is 16.5. The molecule has 2 aliphatic heterocycles. The number of piperazine rings is 1. The van der Waals surface area contributed by atoms with E-state index in [4.69, 9.17) is 8.83 Å². The number of oxazole rings is 1. The average Bonchev–Trinajstić information content (AvgIpc) is 3.53. The largest absolute Gasteiger partial charge is 0.459 e. The maximum absolute atomic E-state index is 12.9. The number of furan rings is 1. The van der Waals surface area contributed by atoms with Gasteiger partial charge in [0, 0.05) is 38.4 Å². The van der Waals surface area contributed by atoms with Crippen molar-refractivity contribution in [1.29, 1.82) is 5.26 Å². The van der Waals surface area contributed by atoms with Crippen molar-refractivity contribution < 1.29 is 13.6 Å². The third kappa shape index (κ3) is 3.28. The van der Waals surface area contributed by atoms with E-state index in [1.54, 1.807) is 12.1 Å². The predicted molar refractivity (Wildman–Crippen MR) is 110 cm³/mol. The molecule has 1 fully saturated rings. The van der Waals surface area contributed by atoms with Crippen molar-refractivity contribution in [3.63, 3.8) is 0 Å². The van der Waals surface area contributed by atoms with Crippen LogP contribution in [-0.2, 0) is 11.2 Å². The summed E-state index contributed by atoms with van der Waals surface area (Å²) in [6, 6.07) is 13.8. The van der Waals surface area contributed by atoms with Crippen molar-refractivity contribution in [1.82, 2.24) is 9.88 Å². The van der Waals surface area contributed by atoms with Crippen LogP contribution in [0.4, 0.5) is 11.6 Å². The maximum Gasteiger partial charge on any atom is 0.266 e. The molecule has 30 heavy (non-hydrogen) atoms. The van der Waals surface area contributed by atoms with Gasteiger partial charge in [0.25, 0.3) is 5.89 Å². The van der Waals surface area contributed by atoms with Crippen LogP contribution in [0.1, 0.15) is 11.3 Å². The number of anilines is 2. The molecule has 2 aliphatic rings. The van der Waals surface area contributed by atoms with Gasteiger partial charge in [-0.1, -0.05) is 18.2 Å². The van der Waals surface area contributed by atoms with Crippen molar-refractivity contribution in [3.05, 3.63) is 53.9 Å². The summed E-state index contributed by atoms with van der Waals surface area (Å²) < 4.78 is 11.1. The standard InChI is InChI=1S/C22H21N5O3/c23-14-17-22(30-21(24-17)19-6-3-13-29-19)26-11-9-25(10-12-26)20(28)15-27-8-7-16-4-1-2-5-18(16)27/h1-6,13H,7-12,15H2. The molecule has 0 spiro atoms. The fraction of sp³-hybridized carbons (Fsp3) is 0.318. The van der Waals surface area contributed by atoms with Crippen molar-refractivity contribution in [2.45, 2.75) is 6.42 Å². The lowest BCUT2D eigenvalue weighted by molar-refractivity contribution is -0.130. The predicted octanol–water partition coefficient (Wildman–Crippen LogP) is 2.52. The normalized spacial score (nSPS) is 15.9. The SMILES string of the molecule is N#Cc1nc(-c2ccco2)oc1N1CCN(C(=O)CN2CCc3ccccc32)CC1. The van der Waals surface area contributed by atoms with E-state index in [2.05, 4.69) is 28.1 Å². The van der Waals surface area contributed by atoms with E-state index in [1.807, 2.05) is 21.9 Å². The molecule has 8 heteroatoms. The molecule has 0 bridgehead atoms. The molecule has 4 heterocycles. The molecular weight excluding hydrogens is 382 g/mol. The lowest BCUT2D eigenvalue weighted by atomic mass is 10.2. The fourth-order valence-electron chi connectivity index (χ4n) is 4.10. The highest BCUT2D eigenvalue weighted by molar-refractivity contribution is 5.82. The fourth-order valence-corrected chi connectivity index (χ4v) is 4.10. The minimum Gasteiger partial charge on any atom is -0.459 e. The van der Waals surface area contributed by atoms with Gasteiger partial charge in [0.1, 0.15) is 6.07 Å². The van der Waals surface area contributed by atoms with Gasteiger partial charge in [0.15, 0.2) is 5.76 Å². The quantitative estimate of drug-likeness (QED) is 0.661. The molecule has 8 nitrogen and oxygen atoms in total. The van der Waals surface area contributed by atoms with Crippen molar-refractivity contribution in [3.8, 4) is 17.7 Å². The molecule has 1 saturated heterocycles. The summed E-state index contributed by atoms with van der Waals surface area (Å²) >= 11 is 0. The molecule has 0 unspecified atom stereocenters. The maximum atomic E-state index is 12.9. The van der Waals surface area contributed by atoms with Gasteiger partial charge in [-0.25, -0.2) is 0 Å². The van der Waals surface area contributed by atoms with E-state index in [1.165, 1.54) is 11.8 Å². The van der Waals surface area contributed by atoms with Crippen molar-refractivity contribution >= 4 is 17.5 Å². The van der Waals surface area contributed by atoms with Gasteiger partial charge < -0.3 is 23.5 Å². The number of para-hydroxylation sites is 1. The first kappa shape index (κ1) is 18.3. The van der Waals surface area contributed by atoms with Crippen LogP contribution >= 0.6 is 0 Å². The number of fused-ring (bicyclic) bond motifs is 1. The summed E-state index contributed by atoms with van der Waals surface area (Å²) in [7, 11) is 0. The Kier molecular flexibility index (Phi) is 4.64. The average molecular weight is 403 g/mol. The smallest absolute Gasteiger partial charge is 0.266 e. The summed E-state index contributed by atoms with van der Waals surface area (Å²) in [4.78, 5) is 23.1. The number of carbonyl (C=O) groups is 1. The number of aromatic nitrogens is 1. The van der Waals surface area contributed by atoms with Crippen LogP contribution in [0.15, 0.2) is 51.5 Å². The third-order valence-corrected chi connectivity index (χ3v) is 5.68. The minimum absolute atomic E-state index is 0.126. The molecule has 0 atom stereocenters. The van der Waals surface area contributed by atoms with Crippen LogP contribution in [-0.4, -0.2) is 55.1 Å². The molecule has 0 aliphatic carbocycles. The van der Waals surface area contributed by atoms with Gasteiger partial charge in [-0.05, 0) is 30.2 Å². The summed E-state index contributed by atoms with van der Waals surface area (Å²) in [6.45, 7) is 3.61. The Bertz CT molecular complexity index is 1090. The number of nitrogens with zero attached hydrogens (tertiary/aromatic N) is 5. The molecule has 1 aromatic carbocycles. The highest BCUT2D eigenvalue weighted by Crippen LogP contribution is 2.30. The zero-order valence-electron chi connectivity index (χ0n) is 16.5. The van der Waals surface area contributed by atoms with Crippen LogP contribution in [0.5, 0.6) is 0 Å². The third-order valence-electron chi connectivity index (χ3n) is 5.68. The topological polar surface area (TPSA) is 89.7 Å². The molecule has 0 saturated carbocycles. The molecule has 1 amide bonds. The zero-order chi connectivity index (χ0) is 20.5. The van der Waals surface area contributed by atoms with E-state index in [9.17, 15) is 10.1 Å². The number of nitriles is 1.